The van der Waals surface area contributed by atoms with E-state index in [1.165, 1.54) is 11.8 Å². The van der Waals surface area contributed by atoms with E-state index in [4.69, 9.17) is 4.74 Å². The summed E-state index contributed by atoms with van der Waals surface area (Å²) in [5.74, 6) is 0.565. The van der Waals surface area contributed by atoms with Gasteiger partial charge in [-0.15, -0.1) is 0 Å². The number of anilines is 1. The van der Waals surface area contributed by atoms with E-state index < -0.39 is 0 Å². The van der Waals surface area contributed by atoms with Gasteiger partial charge in [0.2, 0.25) is 5.91 Å². The second-order valence-electron chi connectivity index (χ2n) is 5.48. The Balaban J connectivity index is 2.08. The number of nitrogens with one attached hydrogen (secondary N) is 1. The van der Waals surface area contributed by atoms with E-state index in [0.717, 1.165) is 17.0 Å². The Hall–Kier alpha value is -2.08. The number of ether oxygens (including phenoxy) is 1. The van der Waals surface area contributed by atoms with Crippen LogP contribution in [-0.2, 0) is 4.79 Å². The van der Waals surface area contributed by atoms with Gasteiger partial charge < -0.3 is 10.1 Å². The van der Waals surface area contributed by atoms with Crippen molar-refractivity contribution in [1.29, 1.82) is 0 Å². The fraction of sp³-hybridized carbons (Fsp3) is 0.389. The molecule has 24 heavy (non-hydrogen) atoms. The van der Waals surface area contributed by atoms with Crippen LogP contribution in [0.5, 0.6) is 5.75 Å². The first kappa shape index (κ1) is 18.3. The van der Waals surface area contributed by atoms with Crippen LogP contribution in [0.1, 0.15) is 30.8 Å². The maximum atomic E-state index is 12.5. The molecule has 2 aromatic rings. The molecule has 2 rings (SSSR count). The van der Waals surface area contributed by atoms with Crippen molar-refractivity contribution in [3.8, 4) is 5.75 Å². The second-order valence-corrected chi connectivity index (χ2v) is 6.79. The molecular weight excluding hydrogens is 322 g/mol. The average molecular weight is 345 g/mol. The van der Waals surface area contributed by atoms with Gasteiger partial charge in [-0.2, -0.15) is 0 Å². The summed E-state index contributed by atoms with van der Waals surface area (Å²) in [6, 6.07) is 7.42. The van der Waals surface area contributed by atoms with Crippen molar-refractivity contribution in [1.82, 2.24) is 9.97 Å². The zero-order chi connectivity index (χ0) is 17.7. The molecule has 1 atom stereocenters. The molecule has 1 N–H and O–H groups in total. The molecule has 1 aromatic heterocycles. The molecule has 1 aromatic carbocycles. The maximum absolute atomic E-state index is 12.5. The van der Waals surface area contributed by atoms with Crippen molar-refractivity contribution in [3.05, 3.63) is 41.2 Å². The van der Waals surface area contributed by atoms with Crippen LogP contribution >= 0.6 is 11.8 Å². The van der Waals surface area contributed by atoms with Crippen molar-refractivity contribution in [2.24, 2.45) is 0 Å². The first-order chi connectivity index (χ1) is 11.4. The minimum absolute atomic E-state index is 0.105. The number of amides is 1. The van der Waals surface area contributed by atoms with Gasteiger partial charge in [-0.25, -0.2) is 9.97 Å². The summed E-state index contributed by atoms with van der Waals surface area (Å²) in [6.45, 7) is 10.2. The van der Waals surface area contributed by atoms with Gasteiger partial charge in [0.25, 0.3) is 0 Å². The quantitative estimate of drug-likeness (QED) is 0.635. The summed E-state index contributed by atoms with van der Waals surface area (Å²) in [6.07, 6.45) is 0. The lowest BCUT2D eigenvalue weighted by molar-refractivity contribution is -0.115. The number of aromatic nitrogens is 2. The highest BCUT2D eigenvalue weighted by atomic mass is 32.2. The number of rotatable bonds is 6. The van der Waals surface area contributed by atoms with Crippen LogP contribution < -0.4 is 10.1 Å². The number of para-hydroxylation sites is 2. The molecule has 0 saturated heterocycles. The standard InChI is InChI=1S/C18H23N3O2S/c1-6-23-16-10-8-7-9-15(16)21-17(22)14(5)24-18-19-12(3)11(2)13(4)20-18/h7-10,14H,6H2,1-5H3,(H,21,22)/t14-/m0/s1. The topological polar surface area (TPSA) is 64.1 Å². The Morgan fingerprint density at radius 1 is 1.21 bits per heavy atom. The smallest absolute Gasteiger partial charge is 0.237 e. The normalized spacial score (nSPS) is 11.9. The van der Waals surface area contributed by atoms with Crippen LogP contribution in [0, 0.1) is 20.8 Å². The molecular formula is C18H23N3O2S. The average Bonchev–Trinajstić information content (AvgIpc) is 2.54. The fourth-order valence-corrected chi connectivity index (χ4v) is 2.95. The van der Waals surface area contributed by atoms with Gasteiger partial charge in [-0.05, 0) is 52.3 Å². The van der Waals surface area contributed by atoms with Gasteiger partial charge in [0.15, 0.2) is 5.16 Å². The summed E-state index contributed by atoms with van der Waals surface area (Å²) in [5.41, 5.74) is 3.65. The summed E-state index contributed by atoms with van der Waals surface area (Å²) in [5, 5.41) is 3.22. The second kappa shape index (κ2) is 8.15. The number of aryl methyl sites for hydroxylation is 2. The molecule has 0 bridgehead atoms. The number of carbonyl (C=O) groups excluding carboxylic acids is 1. The van der Waals surface area contributed by atoms with E-state index in [0.29, 0.717) is 23.2 Å². The number of thioether (sulfide) groups is 1. The Morgan fingerprint density at radius 2 is 1.83 bits per heavy atom. The Kier molecular flexibility index (Phi) is 6.20. The number of nitrogens with zero attached hydrogens (tertiary/aromatic N) is 2. The van der Waals surface area contributed by atoms with Crippen molar-refractivity contribution >= 4 is 23.4 Å². The number of carbonyl (C=O) groups is 1. The lowest BCUT2D eigenvalue weighted by Gasteiger charge is -2.15. The van der Waals surface area contributed by atoms with Crippen molar-refractivity contribution in [2.45, 2.75) is 45.0 Å². The van der Waals surface area contributed by atoms with E-state index >= 15 is 0 Å². The minimum Gasteiger partial charge on any atom is -0.492 e. The van der Waals surface area contributed by atoms with Gasteiger partial charge in [-0.1, -0.05) is 23.9 Å². The van der Waals surface area contributed by atoms with Crippen LogP contribution in [0.4, 0.5) is 5.69 Å². The molecule has 6 heteroatoms. The first-order valence-corrected chi connectivity index (χ1v) is 8.81. The molecule has 128 valence electrons. The van der Waals surface area contributed by atoms with Crippen LogP contribution in [0.25, 0.3) is 0 Å². The van der Waals surface area contributed by atoms with Crippen molar-refractivity contribution < 1.29 is 9.53 Å². The molecule has 0 unspecified atom stereocenters. The van der Waals surface area contributed by atoms with E-state index in [1.54, 1.807) is 0 Å². The third-order valence-corrected chi connectivity index (χ3v) is 4.67. The van der Waals surface area contributed by atoms with Gasteiger partial charge in [0.1, 0.15) is 5.75 Å². The Labute approximate surface area is 147 Å². The van der Waals surface area contributed by atoms with Gasteiger partial charge >= 0.3 is 0 Å². The van der Waals surface area contributed by atoms with Crippen LogP contribution in [0.2, 0.25) is 0 Å². The van der Waals surface area contributed by atoms with Crippen LogP contribution in [0.15, 0.2) is 29.4 Å². The maximum Gasteiger partial charge on any atom is 0.237 e. The van der Waals surface area contributed by atoms with Crippen LogP contribution in [-0.4, -0.2) is 27.7 Å². The van der Waals surface area contributed by atoms with E-state index in [9.17, 15) is 4.79 Å². The molecule has 0 radical (unpaired) electrons. The molecule has 0 saturated carbocycles. The Morgan fingerprint density at radius 3 is 2.46 bits per heavy atom. The zero-order valence-electron chi connectivity index (χ0n) is 14.7. The predicted molar refractivity (Wildman–Crippen MR) is 97.8 cm³/mol. The van der Waals surface area contributed by atoms with Crippen molar-refractivity contribution in [2.75, 3.05) is 11.9 Å². The van der Waals surface area contributed by atoms with Gasteiger partial charge in [-0.3, -0.25) is 4.79 Å². The fourth-order valence-electron chi connectivity index (χ4n) is 2.09. The molecule has 0 spiro atoms. The molecule has 0 aliphatic carbocycles. The SMILES string of the molecule is CCOc1ccccc1NC(=O)[C@H](C)Sc1nc(C)c(C)c(C)n1. The van der Waals surface area contributed by atoms with E-state index in [-0.39, 0.29) is 11.2 Å². The highest BCUT2D eigenvalue weighted by molar-refractivity contribution is 8.00. The summed E-state index contributed by atoms with van der Waals surface area (Å²) in [7, 11) is 0. The molecule has 1 amide bonds. The molecule has 0 fully saturated rings. The predicted octanol–water partition coefficient (Wildman–Crippen LogP) is 3.92. The summed E-state index contributed by atoms with van der Waals surface area (Å²) >= 11 is 1.35. The molecule has 5 nitrogen and oxygen atoms in total. The third-order valence-electron chi connectivity index (χ3n) is 3.71. The number of hydrogen-bond acceptors (Lipinski definition) is 5. The highest BCUT2D eigenvalue weighted by Gasteiger charge is 2.18. The third kappa shape index (κ3) is 4.47. The van der Waals surface area contributed by atoms with Crippen molar-refractivity contribution in [3.63, 3.8) is 0 Å². The van der Waals surface area contributed by atoms with Crippen LogP contribution in [0.3, 0.4) is 0 Å². The zero-order valence-corrected chi connectivity index (χ0v) is 15.5. The van der Waals surface area contributed by atoms with Gasteiger partial charge in [0, 0.05) is 11.4 Å². The minimum atomic E-state index is -0.318. The number of benzene rings is 1. The molecule has 1 heterocycles. The lowest BCUT2D eigenvalue weighted by Crippen LogP contribution is -2.23. The van der Waals surface area contributed by atoms with E-state index in [2.05, 4.69) is 15.3 Å². The monoisotopic (exact) mass is 345 g/mol. The number of hydrogen-bond donors (Lipinski definition) is 1. The first-order valence-electron chi connectivity index (χ1n) is 7.93. The lowest BCUT2D eigenvalue weighted by atomic mass is 10.2. The largest absolute Gasteiger partial charge is 0.492 e. The summed E-state index contributed by atoms with van der Waals surface area (Å²) in [4.78, 5) is 21.4. The summed E-state index contributed by atoms with van der Waals surface area (Å²) < 4.78 is 5.53. The van der Waals surface area contributed by atoms with Gasteiger partial charge in [0.05, 0.1) is 17.5 Å². The molecule has 0 aliphatic heterocycles. The highest BCUT2D eigenvalue weighted by Crippen LogP contribution is 2.26. The Bertz CT molecular complexity index is 711. The van der Waals surface area contributed by atoms with E-state index in [1.807, 2.05) is 58.9 Å². The molecule has 0 aliphatic rings.